The monoisotopic (exact) mass is 860 g/mol. The molecule has 1 rings (SSSR count). The molecule has 7 atom stereocenters. The maximum atomic E-state index is 12.9. The Balaban J connectivity index is 2.01. The third kappa shape index (κ3) is 32.2. The third-order valence-electron chi connectivity index (χ3n) is 11.6. The Kier molecular flexibility index (Phi) is 39.1. The lowest BCUT2D eigenvalue weighted by Gasteiger charge is -2.40. The molecule has 9 heteroatoms. The first-order valence-corrected chi connectivity index (χ1v) is 25.0. The zero-order valence-electron chi connectivity index (χ0n) is 38.9. The van der Waals surface area contributed by atoms with Crippen LogP contribution in [0, 0.1) is 0 Å². The van der Waals surface area contributed by atoms with Crippen molar-refractivity contribution in [1.82, 2.24) is 5.32 Å². The molecule has 1 fully saturated rings. The summed E-state index contributed by atoms with van der Waals surface area (Å²) in [5, 5.41) is 53.7. The number of nitrogens with one attached hydrogen (secondary N) is 1. The lowest BCUT2D eigenvalue weighted by Crippen LogP contribution is -2.60. The number of aliphatic hydroxyl groups excluding tert-OH is 5. The highest BCUT2D eigenvalue weighted by Gasteiger charge is 2.44. The summed E-state index contributed by atoms with van der Waals surface area (Å²) >= 11 is 0. The van der Waals surface area contributed by atoms with Crippen molar-refractivity contribution in [3.05, 3.63) is 60.8 Å². The fourth-order valence-electron chi connectivity index (χ4n) is 7.62. The first kappa shape index (κ1) is 56.9. The molecular weight excluding hydrogens is 767 g/mol. The van der Waals surface area contributed by atoms with E-state index < -0.39 is 49.5 Å². The van der Waals surface area contributed by atoms with E-state index in [-0.39, 0.29) is 12.5 Å². The molecular formula is C52H93NO8. The van der Waals surface area contributed by atoms with Gasteiger partial charge in [0.2, 0.25) is 5.91 Å². The molecule has 1 amide bonds. The van der Waals surface area contributed by atoms with Crippen molar-refractivity contribution < 1.29 is 39.8 Å². The number of unbranched alkanes of at least 4 members (excludes halogenated alkanes) is 23. The number of rotatable bonds is 41. The molecule has 1 heterocycles. The van der Waals surface area contributed by atoms with Gasteiger partial charge in [-0.3, -0.25) is 4.79 Å². The third-order valence-corrected chi connectivity index (χ3v) is 11.6. The van der Waals surface area contributed by atoms with Gasteiger partial charge in [0.25, 0.3) is 0 Å². The van der Waals surface area contributed by atoms with Crippen LogP contribution in [0.2, 0.25) is 0 Å². The van der Waals surface area contributed by atoms with E-state index in [4.69, 9.17) is 9.47 Å². The molecule has 7 unspecified atom stereocenters. The van der Waals surface area contributed by atoms with Crippen molar-refractivity contribution in [3.63, 3.8) is 0 Å². The van der Waals surface area contributed by atoms with Crippen molar-refractivity contribution in [2.75, 3.05) is 13.2 Å². The quantitative estimate of drug-likeness (QED) is 0.0263. The van der Waals surface area contributed by atoms with Crippen LogP contribution in [-0.2, 0) is 14.3 Å². The lowest BCUT2D eigenvalue weighted by molar-refractivity contribution is -0.302. The molecule has 1 aliphatic rings. The summed E-state index contributed by atoms with van der Waals surface area (Å²) in [6.45, 7) is 3.54. The zero-order chi connectivity index (χ0) is 44.4. The zero-order valence-corrected chi connectivity index (χ0v) is 38.9. The Morgan fingerprint density at radius 1 is 0.574 bits per heavy atom. The number of carbonyl (C=O) groups is 1. The van der Waals surface area contributed by atoms with E-state index in [1.165, 1.54) is 116 Å². The molecule has 6 N–H and O–H groups in total. The topological polar surface area (TPSA) is 149 Å². The standard InChI is InChI=1S/C52H93NO8/c1-3-5-7-9-10-11-12-13-14-15-16-17-18-19-20-21-22-23-24-25-26-27-28-29-30-31-32-33-34-35-36-38-40-42-48(56)53-45(46(55)41-39-37-8-6-4-2)44-60-52-51(59)50(58)49(57)47(43-54)61-52/h5,7,10-11,13-14,16-17,39,41,45-47,49-52,54-55,57-59H,3-4,6,8-9,12,15,18-38,40,42-44H2,1-2H3,(H,53,56)/b7-5-,11-10-,14-13-,17-16-,41-39+. The molecule has 0 radical (unpaired) electrons. The van der Waals surface area contributed by atoms with E-state index >= 15 is 0 Å². The molecule has 0 spiro atoms. The summed E-state index contributed by atoms with van der Waals surface area (Å²) in [6.07, 6.45) is 49.2. The first-order valence-electron chi connectivity index (χ1n) is 25.0. The van der Waals surface area contributed by atoms with Gasteiger partial charge in [0, 0.05) is 6.42 Å². The maximum Gasteiger partial charge on any atom is 0.220 e. The number of aliphatic hydroxyl groups is 5. The van der Waals surface area contributed by atoms with Crippen molar-refractivity contribution in [3.8, 4) is 0 Å². The molecule has 0 aromatic heterocycles. The largest absolute Gasteiger partial charge is 0.394 e. The van der Waals surface area contributed by atoms with Crippen molar-refractivity contribution in [1.29, 1.82) is 0 Å². The Morgan fingerprint density at radius 3 is 1.51 bits per heavy atom. The summed E-state index contributed by atoms with van der Waals surface area (Å²) in [7, 11) is 0. The Bertz CT molecular complexity index is 1140. The lowest BCUT2D eigenvalue weighted by atomic mass is 9.99. The minimum Gasteiger partial charge on any atom is -0.394 e. The molecule has 0 aromatic rings. The van der Waals surface area contributed by atoms with Crippen LogP contribution in [0.25, 0.3) is 0 Å². The highest BCUT2D eigenvalue weighted by Crippen LogP contribution is 2.23. The number of hydrogen-bond acceptors (Lipinski definition) is 8. The molecule has 354 valence electrons. The van der Waals surface area contributed by atoms with E-state index in [0.717, 1.165) is 70.6 Å². The van der Waals surface area contributed by atoms with E-state index in [0.29, 0.717) is 6.42 Å². The van der Waals surface area contributed by atoms with Gasteiger partial charge in [-0.1, -0.05) is 203 Å². The summed E-state index contributed by atoms with van der Waals surface area (Å²) in [5.41, 5.74) is 0. The second-order valence-electron chi connectivity index (χ2n) is 17.2. The molecule has 0 bridgehead atoms. The molecule has 1 saturated heterocycles. The number of amides is 1. The van der Waals surface area contributed by atoms with Crippen LogP contribution >= 0.6 is 0 Å². The predicted molar refractivity (Wildman–Crippen MR) is 253 cm³/mol. The average Bonchev–Trinajstić information content (AvgIpc) is 3.26. The number of ether oxygens (including phenoxy) is 2. The normalized spacial score (nSPS) is 20.9. The molecule has 61 heavy (non-hydrogen) atoms. The van der Waals surface area contributed by atoms with Crippen molar-refractivity contribution in [2.45, 2.75) is 249 Å². The highest BCUT2D eigenvalue weighted by molar-refractivity contribution is 5.76. The van der Waals surface area contributed by atoms with Crippen molar-refractivity contribution in [2.24, 2.45) is 0 Å². The summed E-state index contributed by atoms with van der Waals surface area (Å²) in [4.78, 5) is 12.9. The van der Waals surface area contributed by atoms with Gasteiger partial charge >= 0.3 is 0 Å². The second-order valence-corrected chi connectivity index (χ2v) is 17.2. The SMILES string of the molecule is CC/C=C\C/C=C\C/C=C\C/C=C\CCCCCCCCCCCCCCCCCCCCCCC(=O)NC(COC1OC(CO)C(O)C(O)C1O)C(O)/C=C/CCCCC. The fraction of sp³-hybridized carbons (Fsp3) is 0.788. The Hall–Kier alpha value is -2.11. The van der Waals surface area contributed by atoms with E-state index in [1.807, 2.05) is 6.08 Å². The van der Waals surface area contributed by atoms with Gasteiger partial charge in [0.1, 0.15) is 24.4 Å². The molecule has 0 aromatic carbocycles. The maximum absolute atomic E-state index is 12.9. The summed E-state index contributed by atoms with van der Waals surface area (Å²) < 4.78 is 11.1. The number of carbonyl (C=O) groups excluding carboxylic acids is 1. The van der Waals surface area contributed by atoms with Gasteiger partial charge in [-0.2, -0.15) is 0 Å². The fourth-order valence-corrected chi connectivity index (χ4v) is 7.62. The minimum absolute atomic E-state index is 0.184. The van der Waals surface area contributed by atoms with Crippen LogP contribution in [0.15, 0.2) is 60.8 Å². The summed E-state index contributed by atoms with van der Waals surface area (Å²) in [6, 6.07) is -0.800. The average molecular weight is 860 g/mol. The van der Waals surface area contributed by atoms with E-state index in [2.05, 4.69) is 67.8 Å². The molecule has 0 saturated carbocycles. The van der Waals surface area contributed by atoms with Crippen LogP contribution in [0.5, 0.6) is 0 Å². The van der Waals surface area contributed by atoms with Gasteiger partial charge in [-0.15, -0.1) is 0 Å². The van der Waals surface area contributed by atoms with Crippen LogP contribution in [0.3, 0.4) is 0 Å². The van der Waals surface area contributed by atoms with Gasteiger partial charge in [0.15, 0.2) is 6.29 Å². The smallest absolute Gasteiger partial charge is 0.220 e. The summed E-state index contributed by atoms with van der Waals surface area (Å²) in [5.74, 6) is -0.184. The van der Waals surface area contributed by atoms with E-state index in [9.17, 15) is 30.3 Å². The van der Waals surface area contributed by atoms with Gasteiger partial charge in [0.05, 0.1) is 25.4 Å². The van der Waals surface area contributed by atoms with Gasteiger partial charge in [-0.25, -0.2) is 0 Å². The first-order chi connectivity index (χ1) is 29.8. The highest BCUT2D eigenvalue weighted by atomic mass is 16.7. The van der Waals surface area contributed by atoms with Gasteiger partial charge < -0.3 is 40.3 Å². The molecule has 1 aliphatic heterocycles. The molecule has 0 aliphatic carbocycles. The second kappa shape index (κ2) is 41.9. The molecule has 9 nitrogen and oxygen atoms in total. The van der Waals surface area contributed by atoms with Gasteiger partial charge in [-0.05, 0) is 57.8 Å². The van der Waals surface area contributed by atoms with Crippen molar-refractivity contribution >= 4 is 5.91 Å². The van der Waals surface area contributed by atoms with E-state index in [1.54, 1.807) is 6.08 Å². The Morgan fingerprint density at radius 2 is 1.02 bits per heavy atom. The van der Waals surface area contributed by atoms with Crippen LogP contribution < -0.4 is 5.32 Å². The number of hydrogen-bond donors (Lipinski definition) is 6. The Labute approximate surface area is 373 Å². The van der Waals surface area contributed by atoms with Crippen LogP contribution in [-0.4, -0.2) is 87.5 Å². The predicted octanol–water partition coefficient (Wildman–Crippen LogP) is 11.2. The van der Waals surface area contributed by atoms with Crippen LogP contribution in [0.4, 0.5) is 0 Å². The number of allylic oxidation sites excluding steroid dienone is 9. The minimum atomic E-state index is -1.56. The van der Waals surface area contributed by atoms with Crippen LogP contribution in [0.1, 0.15) is 206 Å².